The summed E-state index contributed by atoms with van der Waals surface area (Å²) in [5, 5.41) is 3.12. The molecule has 0 radical (unpaired) electrons. The first-order chi connectivity index (χ1) is 9.09. The standard InChI is InChI=1S/C14H17F2N3/c1-19-9-18-12-8-11(2-3-13(12)19)14(15,16)10-4-6-17-7-5-10/h2-3,8-10,17H,4-7H2,1H3. The summed E-state index contributed by atoms with van der Waals surface area (Å²) in [7, 11) is 1.86. The third-order valence-electron chi connectivity index (χ3n) is 3.96. The van der Waals surface area contributed by atoms with E-state index in [0.29, 0.717) is 31.4 Å². The first-order valence-corrected chi connectivity index (χ1v) is 6.59. The van der Waals surface area contributed by atoms with Crippen LogP contribution in [0.15, 0.2) is 24.5 Å². The van der Waals surface area contributed by atoms with Gasteiger partial charge in [0.1, 0.15) is 0 Å². The van der Waals surface area contributed by atoms with E-state index in [2.05, 4.69) is 10.3 Å². The zero-order valence-corrected chi connectivity index (χ0v) is 10.9. The predicted octanol–water partition coefficient (Wildman–Crippen LogP) is 2.66. The van der Waals surface area contributed by atoms with Gasteiger partial charge in [-0.2, -0.15) is 0 Å². The van der Waals surface area contributed by atoms with E-state index >= 15 is 0 Å². The summed E-state index contributed by atoms with van der Waals surface area (Å²) in [5.41, 5.74) is 1.60. The molecule has 0 bridgehead atoms. The molecule has 2 aromatic rings. The van der Waals surface area contributed by atoms with Crippen LogP contribution in [0.1, 0.15) is 18.4 Å². The minimum Gasteiger partial charge on any atom is -0.334 e. The van der Waals surface area contributed by atoms with E-state index in [1.807, 2.05) is 11.6 Å². The van der Waals surface area contributed by atoms with Gasteiger partial charge in [0.05, 0.1) is 17.4 Å². The van der Waals surface area contributed by atoms with Crippen LogP contribution in [0.4, 0.5) is 8.78 Å². The molecule has 1 saturated heterocycles. The van der Waals surface area contributed by atoms with Crippen molar-refractivity contribution in [2.24, 2.45) is 13.0 Å². The SMILES string of the molecule is Cn1cnc2cc(C(F)(F)C3CCNCC3)ccc21. The number of alkyl halides is 2. The summed E-state index contributed by atoms with van der Waals surface area (Å²) in [6.45, 7) is 1.35. The van der Waals surface area contributed by atoms with Crippen molar-refractivity contribution in [2.75, 3.05) is 13.1 Å². The summed E-state index contributed by atoms with van der Waals surface area (Å²) >= 11 is 0. The molecule has 5 heteroatoms. The van der Waals surface area contributed by atoms with E-state index in [-0.39, 0.29) is 5.56 Å². The molecule has 1 aliphatic rings. The maximum absolute atomic E-state index is 14.5. The number of imidazole rings is 1. The summed E-state index contributed by atoms with van der Waals surface area (Å²) < 4.78 is 30.9. The molecule has 0 spiro atoms. The first kappa shape index (κ1) is 12.5. The smallest absolute Gasteiger partial charge is 0.276 e. The Morgan fingerprint density at radius 1 is 1.32 bits per heavy atom. The lowest BCUT2D eigenvalue weighted by molar-refractivity contribution is -0.0752. The van der Waals surface area contributed by atoms with Crippen molar-refractivity contribution >= 4 is 11.0 Å². The van der Waals surface area contributed by atoms with Crippen molar-refractivity contribution in [3.63, 3.8) is 0 Å². The Morgan fingerprint density at radius 3 is 2.79 bits per heavy atom. The predicted molar refractivity (Wildman–Crippen MR) is 70.2 cm³/mol. The van der Waals surface area contributed by atoms with Gasteiger partial charge in [-0.1, -0.05) is 6.07 Å². The molecule has 3 nitrogen and oxygen atoms in total. The molecule has 1 aliphatic heterocycles. The Morgan fingerprint density at radius 2 is 2.05 bits per heavy atom. The molecule has 1 aromatic heterocycles. The summed E-state index contributed by atoms with van der Waals surface area (Å²) in [6, 6.07) is 4.79. The van der Waals surface area contributed by atoms with Crippen LogP contribution in [0, 0.1) is 5.92 Å². The van der Waals surface area contributed by atoms with Crippen molar-refractivity contribution in [1.82, 2.24) is 14.9 Å². The minimum absolute atomic E-state index is 0.0885. The summed E-state index contributed by atoms with van der Waals surface area (Å²) in [6.07, 6.45) is 2.69. The number of piperidine rings is 1. The van der Waals surface area contributed by atoms with Gasteiger partial charge >= 0.3 is 0 Å². The van der Waals surface area contributed by atoms with Crippen LogP contribution in [-0.2, 0) is 13.0 Å². The molecule has 0 aliphatic carbocycles. The van der Waals surface area contributed by atoms with Crippen LogP contribution < -0.4 is 5.32 Å². The minimum atomic E-state index is -2.77. The highest BCUT2D eigenvalue weighted by atomic mass is 19.3. The Hall–Kier alpha value is -1.49. The topological polar surface area (TPSA) is 29.9 Å². The fourth-order valence-corrected chi connectivity index (χ4v) is 2.76. The van der Waals surface area contributed by atoms with Gasteiger partial charge in [-0.25, -0.2) is 13.8 Å². The largest absolute Gasteiger partial charge is 0.334 e. The van der Waals surface area contributed by atoms with Gasteiger partial charge in [-0.15, -0.1) is 0 Å². The number of nitrogens with zero attached hydrogens (tertiary/aromatic N) is 2. The van der Waals surface area contributed by atoms with Crippen molar-refractivity contribution in [2.45, 2.75) is 18.8 Å². The fraction of sp³-hybridized carbons (Fsp3) is 0.500. The molecular weight excluding hydrogens is 248 g/mol. The third kappa shape index (κ3) is 2.12. The second-order valence-electron chi connectivity index (χ2n) is 5.21. The summed E-state index contributed by atoms with van der Waals surface area (Å²) in [5.74, 6) is -3.34. The third-order valence-corrected chi connectivity index (χ3v) is 3.96. The van der Waals surface area contributed by atoms with Crippen LogP contribution in [0.2, 0.25) is 0 Å². The number of hydrogen-bond donors (Lipinski definition) is 1. The summed E-state index contributed by atoms with van der Waals surface area (Å²) in [4.78, 5) is 4.15. The van der Waals surface area contributed by atoms with E-state index in [0.717, 1.165) is 5.52 Å². The Balaban J connectivity index is 1.97. The zero-order valence-electron chi connectivity index (χ0n) is 10.9. The van der Waals surface area contributed by atoms with E-state index in [1.165, 1.54) is 12.1 Å². The molecule has 1 fully saturated rings. The van der Waals surface area contributed by atoms with Gasteiger partial charge in [0, 0.05) is 18.5 Å². The first-order valence-electron chi connectivity index (χ1n) is 6.59. The van der Waals surface area contributed by atoms with E-state index < -0.39 is 11.8 Å². The van der Waals surface area contributed by atoms with Gasteiger partial charge < -0.3 is 9.88 Å². The second kappa shape index (κ2) is 4.56. The highest BCUT2D eigenvalue weighted by molar-refractivity contribution is 5.76. The number of aromatic nitrogens is 2. The fourth-order valence-electron chi connectivity index (χ4n) is 2.76. The monoisotopic (exact) mass is 265 g/mol. The highest BCUT2D eigenvalue weighted by Gasteiger charge is 2.41. The lowest BCUT2D eigenvalue weighted by Crippen LogP contribution is -2.36. The van der Waals surface area contributed by atoms with Crippen LogP contribution in [0.5, 0.6) is 0 Å². The molecular formula is C14H17F2N3. The molecule has 0 saturated carbocycles. The molecule has 0 atom stereocenters. The number of aryl methyl sites for hydroxylation is 1. The van der Waals surface area contributed by atoms with Crippen molar-refractivity contribution < 1.29 is 8.78 Å². The highest BCUT2D eigenvalue weighted by Crippen LogP contribution is 2.41. The van der Waals surface area contributed by atoms with Crippen LogP contribution in [0.25, 0.3) is 11.0 Å². The zero-order chi connectivity index (χ0) is 13.5. The normalized spacial score (nSPS) is 18.1. The number of fused-ring (bicyclic) bond motifs is 1. The number of rotatable bonds is 2. The maximum atomic E-state index is 14.5. The van der Waals surface area contributed by atoms with E-state index in [4.69, 9.17) is 0 Å². The van der Waals surface area contributed by atoms with Crippen LogP contribution >= 0.6 is 0 Å². The van der Waals surface area contributed by atoms with Gasteiger partial charge in [0.15, 0.2) is 0 Å². The maximum Gasteiger partial charge on any atom is 0.276 e. The number of hydrogen-bond acceptors (Lipinski definition) is 2. The molecule has 19 heavy (non-hydrogen) atoms. The van der Waals surface area contributed by atoms with Crippen molar-refractivity contribution in [3.05, 3.63) is 30.1 Å². The molecule has 2 heterocycles. The quantitative estimate of drug-likeness (QED) is 0.904. The molecule has 1 aromatic carbocycles. The average molecular weight is 265 g/mol. The molecule has 0 unspecified atom stereocenters. The van der Waals surface area contributed by atoms with E-state index in [9.17, 15) is 8.78 Å². The van der Waals surface area contributed by atoms with Gasteiger partial charge in [0.2, 0.25) is 0 Å². The van der Waals surface area contributed by atoms with Crippen LogP contribution in [-0.4, -0.2) is 22.6 Å². The lowest BCUT2D eigenvalue weighted by Gasteiger charge is -2.30. The van der Waals surface area contributed by atoms with Gasteiger partial charge in [0.25, 0.3) is 5.92 Å². The average Bonchev–Trinajstić information content (AvgIpc) is 2.81. The number of halogens is 2. The van der Waals surface area contributed by atoms with Crippen LogP contribution in [0.3, 0.4) is 0 Å². The number of nitrogens with one attached hydrogen (secondary N) is 1. The molecule has 3 rings (SSSR count). The van der Waals surface area contributed by atoms with Crippen molar-refractivity contribution in [3.8, 4) is 0 Å². The molecule has 0 amide bonds. The lowest BCUT2D eigenvalue weighted by atomic mass is 9.87. The Kier molecular flexibility index (Phi) is 3.01. The molecule has 1 N–H and O–H groups in total. The number of benzene rings is 1. The molecule has 102 valence electrons. The van der Waals surface area contributed by atoms with Gasteiger partial charge in [-0.05, 0) is 38.1 Å². The van der Waals surface area contributed by atoms with Crippen molar-refractivity contribution in [1.29, 1.82) is 0 Å². The van der Waals surface area contributed by atoms with Gasteiger partial charge in [-0.3, -0.25) is 0 Å². The Bertz CT molecular complexity index is 585. The van der Waals surface area contributed by atoms with E-state index in [1.54, 1.807) is 12.4 Å². The second-order valence-corrected chi connectivity index (χ2v) is 5.21. The Labute approximate surface area is 110 Å².